The first-order valence-corrected chi connectivity index (χ1v) is 12.6. The van der Waals surface area contributed by atoms with E-state index < -0.39 is 15.8 Å². The molecule has 0 spiro atoms. The SMILES string of the molecule is N#Cc1ccc(N2CCCN(C(=O)C3CCN(S(=O)(=O)c4ccc(F)cc4)CC3)CC2)cc1. The van der Waals surface area contributed by atoms with Crippen LogP contribution in [0.25, 0.3) is 0 Å². The van der Waals surface area contributed by atoms with Crippen LogP contribution in [0.2, 0.25) is 0 Å². The lowest BCUT2D eigenvalue weighted by Gasteiger charge is -2.33. The minimum absolute atomic E-state index is 0.0732. The summed E-state index contributed by atoms with van der Waals surface area (Å²) in [6.07, 6.45) is 1.81. The first kappa shape index (κ1) is 23.2. The number of piperidine rings is 1. The third kappa shape index (κ3) is 5.18. The molecule has 2 aromatic carbocycles. The van der Waals surface area contributed by atoms with Crippen molar-refractivity contribution in [3.63, 3.8) is 0 Å². The molecule has 0 saturated carbocycles. The molecule has 0 atom stereocenters. The van der Waals surface area contributed by atoms with Gasteiger partial charge in [-0.05, 0) is 67.8 Å². The van der Waals surface area contributed by atoms with E-state index in [1.165, 1.54) is 16.4 Å². The topological polar surface area (TPSA) is 84.7 Å². The number of sulfonamides is 1. The molecule has 0 bridgehead atoms. The van der Waals surface area contributed by atoms with Gasteiger partial charge >= 0.3 is 0 Å². The predicted molar refractivity (Wildman–Crippen MR) is 122 cm³/mol. The second kappa shape index (κ2) is 9.89. The number of hydrogen-bond donors (Lipinski definition) is 0. The molecule has 0 N–H and O–H groups in total. The van der Waals surface area contributed by atoms with Gasteiger partial charge in [-0.25, -0.2) is 12.8 Å². The summed E-state index contributed by atoms with van der Waals surface area (Å²) in [4.78, 5) is 17.4. The van der Waals surface area contributed by atoms with Gasteiger partial charge in [0, 0.05) is 50.9 Å². The van der Waals surface area contributed by atoms with Crippen LogP contribution in [-0.2, 0) is 14.8 Å². The average Bonchev–Trinajstić information content (AvgIpc) is 3.10. The van der Waals surface area contributed by atoms with E-state index in [0.717, 1.165) is 37.3 Å². The number of nitriles is 1. The number of carbonyl (C=O) groups excluding carboxylic acids is 1. The molecule has 2 heterocycles. The Morgan fingerprint density at radius 1 is 0.909 bits per heavy atom. The number of carbonyl (C=O) groups is 1. The van der Waals surface area contributed by atoms with Crippen molar-refractivity contribution in [1.29, 1.82) is 5.26 Å². The number of benzene rings is 2. The molecule has 0 radical (unpaired) electrons. The molecule has 0 aliphatic carbocycles. The molecular formula is C24H27FN4O3S. The first-order chi connectivity index (χ1) is 15.9. The van der Waals surface area contributed by atoms with Crippen molar-refractivity contribution in [3.05, 3.63) is 59.9 Å². The maximum atomic E-state index is 13.2. The summed E-state index contributed by atoms with van der Waals surface area (Å²) >= 11 is 0. The van der Waals surface area contributed by atoms with E-state index in [4.69, 9.17) is 5.26 Å². The van der Waals surface area contributed by atoms with Crippen LogP contribution in [0.15, 0.2) is 53.4 Å². The van der Waals surface area contributed by atoms with Crippen LogP contribution in [0.3, 0.4) is 0 Å². The second-order valence-electron chi connectivity index (χ2n) is 8.46. The summed E-state index contributed by atoms with van der Waals surface area (Å²) in [7, 11) is -3.69. The quantitative estimate of drug-likeness (QED) is 0.686. The fourth-order valence-electron chi connectivity index (χ4n) is 4.50. The standard InChI is InChI=1S/C24H27FN4O3S/c25-21-4-8-23(9-5-21)33(31,32)29-14-10-20(11-15-29)24(30)28-13-1-12-27(16-17-28)22-6-2-19(18-26)3-7-22/h2-9,20H,1,10-17H2. The van der Waals surface area contributed by atoms with Gasteiger partial charge in [-0.15, -0.1) is 0 Å². The molecule has 7 nitrogen and oxygen atoms in total. The number of rotatable bonds is 4. The highest BCUT2D eigenvalue weighted by Crippen LogP contribution is 2.26. The Morgan fingerprint density at radius 3 is 2.21 bits per heavy atom. The molecule has 2 saturated heterocycles. The van der Waals surface area contributed by atoms with Crippen LogP contribution in [-0.4, -0.2) is 62.8 Å². The van der Waals surface area contributed by atoms with Gasteiger partial charge < -0.3 is 9.80 Å². The molecule has 2 aromatic rings. The smallest absolute Gasteiger partial charge is 0.243 e. The Labute approximate surface area is 194 Å². The highest BCUT2D eigenvalue weighted by Gasteiger charge is 2.34. The van der Waals surface area contributed by atoms with E-state index >= 15 is 0 Å². The van der Waals surface area contributed by atoms with Crippen molar-refractivity contribution >= 4 is 21.6 Å². The van der Waals surface area contributed by atoms with Crippen molar-refractivity contribution in [2.24, 2.45) is 5.92 Å². The summed E-state index contributed by atoms with van der Waals surface area (Å²) in [5.74, 6) is -0.574. The van der Waals surface area contributed by atoms with Crippen molar-refractivity contribution in [3.8, 4) is 6.07 Å². The Bertz CT molecular complexity index is 1120. The highest BCUT2D eigenvalue weighted by atomic mass is 32.2. The van der Waals surface area contributed by atoms with E-state index in [-0.39, 0.29) is 29.8 Å². The fraction of sp³-hybridized carbons (Fsp3) is 0.417. The fourth-order valence-corrected chi connectivity index (χ4v) is 5.97. The zero-order valence-corrected chi connectivity index (χ0v) is 19.2. The van der Waals surface area contributed by atoms with Crippen molar-refractivity contribution in [1.82, 2.24) is 9.21 Å². The predicted octanol–water partition coefficient (Wildman–Crippen LogP) is 2.84. The normalized spacial score (nSPS) is 18.5. The van der Waals surface area contributed by atoms with Gasteiger partial charge in [0.15, 0.2) is 0 Å². The number of halogens is 1. The maximum absolute atomic E-state index is 13.2. The molecular weight excluding hydrogens is 443 g/mol. The number of amides is 1. The Balaban J connectivity index is 1.33. The van der Waals surface area contributed by atoms with E-state index in [1.54, 1.807) is 12.1 Å². The van der Waals surface area contributed by atoms with Crippen molar-refractivity contribution in [2.45, 2.75) is 24.2 Å². The second-order valence-corrected chi connectivity index (χ2v) is 10.4. The van der Waals surface area contributed by atoms with Crippen molar-refractivity contribution < 1.29 is 17.6 Å². The van der Waals surface area contributed by atoms with Crippen molar-refractivity contribution in [2.75, 3.05) is 44.2 Å². The van der Waals surface area contributed by atoms with Crippen LogP contribution in [0, 0.1) is 23.1 Å². The summed E-state index contributed by atoms with van der Waals surface area (Å²) < 4.78 is 40.2. The molecule has 4 rings (SSSR count). The molecule has 1 amide bonds. The zero-order valence-electron chi connectivity index (χ0n) is 18.4. The average molecular weight is 471 g/mol. The zero-order chi connectivity index (χ0) is 23.4. The van der Waals surface area contributed by atoms with Gasteiger partial charge in [-0.2, -0.15) is 9.57 Å². The van der Waals surface area contributed by atoms with E-state index in [9.17, 15) is 17.6 Å². The number of nitrogens with zero attached hydrogens (tertiary/aromatic N) is 4. The summed E-state index contributed by atoms with van der Waals surface area (Å²) in [5, 5.41) is 8.97. The van der Waals surface area contributed by atoms with Crippen LogP contribution >= 0.6 is 0 Å². The van der Waals surface area contributed by atoms with Gasteiger partial charge in [0.25, 0.3) is 0 Å². The largest absolute Gasteiger partial charge is 0.370 e. The monoisotopic (exact) mass is 470 g/mol. The minimum Gasteiger partial charge on any atom is -0.370 e. The molecule has 2 fully saturated rings. The molecule has 2 aliphatic rings. The Morgan fingerprint density at radius 2 is 1.58 bits per heavy atom. The van der Waals surface area contributed by atoms with Gasteiger partial charge in [-0.3, -0.25) is 4.79 Å². The van der Waals surface area contributed by atoms with Gasteiger partial charge in [0.1, 0.15) is 5.82 Å². The molecule has 0 unspecified atom stereocenters. The van der Waals surface area contributed by atoms with E-state index in [1.807, 2.05) is 17.0 Å². The summed E-state index contributed by atoms with van der Waals surface area (Å²) in [6, 6.07) is 14.4. The third-order valence-corrected chi connectivity index (χ3v) is 8.34. The number of hydrogen-bond acceptors (Lipinski definition) is 5. The van der Waals surface area contributed by atoms with Gasteiger partial charge in [-0.1, -0.05) is 0 Å². The van der Waals surface area contributed by atoms with Gasteiger partial charge in [0.05, 0.1) is 16.5 Å². The minimum atomic E-state index is -3.69. The third-order valence-electron chi connectivity index (χ3n) is 6.42. The van der Waals surface area contributed by atoms with Crippen LogP contribution < -0.4 is 4.90 Å². The maximum Gasteiger partial charge on any atom is 0.243 e. The van der Waals surface area contributed by atoms with E-state index in [2.05, 4.69) is 11.0 Å². The lowest BCUT2D eigenvalue weighted by atomic mass is 9.96. The Kier molecular flexibility index (Phi) is 6.96. The van der Waals surface area contributed by atoms with Crippen LogP contribution in [0.1, 0.15) is 24.8 Å². The van der Waals surface area contributed by atoms with Gasteiger partial charge in [0.2, 0.25) is 15.9 Å². The summed E-state index contributed by atoms with van der Waals surface area (Å²) in [6.45, 7) is 3.41. The molecule has 33 heavy (non-hydrogen) atoms. The van der Waals surface area contributed by atoms with E-state index in [0.29, 0.717) is 31.5 Å². The molecule has 174 valence electrons. The number of anilines is 1. The molecule has 9 heteroatoms. The lowest BCUT2D eigenvalue weighted by Crippen LogP contribution is -2.45. The first-order valence-electron chi connectivity index (χ1n) is 11.2. The Hall–Kier alpha value is -2.96. The highest BCUT2D eigenvalue weighted by molar-refractivity contribution is 7.89. The lowest BCUT2D eigenvalue weighted by molar-refractivity contribution is -0.136. The van der Waals surface area contributed by atoms with Crippen LogP contribution in [0.5, 0.6) is 0 Å². The molecule has 2 aliphatic heterocycles. The summed E-state index contributed by atoms with van der Waals surface area (Å²) in [5.41, 5.74) is 1.67. The van der Waals surface area contributed by atoms with Crippen LogP contribution in [0.4, 0.5) is 10.1 Å². The molecule has 0 aromatic heterocycles.